The molecule has 0 radical (unpaired) electrons. The fraction of sp³-hybridized carbons (Fsp3) is 0.391. The number of nitrogens with zero attached hydrogens (tertiary/aromatic N) is 2. The fourth-order valence-corrected chi connectivity index (χ4v) is 3.73. The largest absolute Gasteiger partial charge is 0.350 e. The molecule has 1 atom stereocenters. The number of likely N-dealkylation sites (tertiary alicyclic amines) is 1. The number of amides is 2. The first-order valence-corrected chi connectivity index (χ1v) is 9.87. The first kappa shape index (κ1) is 20.1. The van der Waals surface area contributed by atoms with E-state index < -0.39 is 0 Å². The SMILES string of the molecule is CN(C)Cc1ccccc1CNC(=O)C1CCCN1C(=O)Cc1ccccc1. The van der Waals surface area contributed by atoms with Crippen LogP contribution in [-0.4, -0.2) is 48.3 Å². The maximum atomic E-state index is 12.8. The van der Waals surface area contributed by atoms with Crippen LogP contribution in [-0.2, 0) is 29.1 Å². The average molecular weight is 380 g/mol. The third-order valence-electron chi connectivity index (χ3n) is 5.13. The van der Waals surface area contributed by atoms with E-state index in [0.29, 0.717) is 19.5 Å². The van der Waals surface area contributed by atoms with Crippen molar-refractivity contribution in [2.24, 2.45) is 0 Å². The molecule has 2 amide bonds. The second-order valence-corrected chi connectivity index (χ2v) is 7.63. The smallest absolute Gasteiger partial charge is 0.243 e. The van der Waals surface area contributed by atoms with Crippen molar-refractivity contribution in [3.63, 3.8) is 0 Å². The lowest BCUT2D eigenvalue weighted by molar-refractivity contribution is -0.138. The molecule has 2 aromatic rings. The summed E-state index contributed by atoms with van der Waals surface area (Å²) in [4.78, 5) is 29.4. The third kappa shape index (κ3) is 5.20. The Labute approximate surface area is 167 Å². The lowest BCUT2D eigenvalue weighted by Crippen LogP contribution is -2.46. The van der Waals surface area contributed by atoms with E-state index in [2.05, 4.69) is 16.3 Å². The van der Waals surface area contributed by atoms with Crippen LogP contribution in [0.4, 0.5) is 0 Å². The molecule has 1 N–H and O–H groups in total. The second-order valence-electron chi connectivity index (χ2n) is 7.63. The number of rotatable bonds is 7. The predicted octanol–water partition coefficient (Wildman–Crippen LogP) is 2.60. The molecule has 1 aliphatic rings. The van der Waals surface area contributed by atoms with Crippen LogP contribution < -0.4 is 5.32 Å². The van der Waals surface area contributed by atoms with Crippen molar-refractivity contribution >= 4 is 11.8 Å². The quantitative estimate of drug-likeness (QED) is 0.805. The topological polar surface area (TPSA) is 52.7 Å². The minimum Gasteiger partial charge on any atom is -0.350 e. The number of carbonyl (C=O) groups excluding carboxylic acids is 2. The summed E-state index contributed by atoms with van der Waals surface area (Å²) in [6, 6.07) is 17.5. The van der Waals surface area contributed by atoms with Gasteiger partial charge in [-0.15, -0.1) is 0 Å². The minimum atomic E-state index is -0.364. The van der Waals surface area contributed by atoms with Crippen LogP contribution in [0.25, 0.3) is 0 Å². The first-order valence-electron chi connectivity index (χ1n) is 9.87. The van der Waals surface area contributed by atoms with Gasteiger partial charge in [0.25, 0.3) is 0 Å². The zero-order valence-corrected chi connectivity index (χ0v) is 16.7. The Balaban J connectivity index is 1.60. The number of hydrogen-bond donors (Lipinski definition) is 1. The average Bonchev–Trinajstić information content (AvgIpc) is 3.17. The maximum absolute atomic E-state index is 12.8. The molecule has 3 rings (SSSR count). The van der Waals surface area contributed by atoms with Gasteiger partial charge in [-0.05, 0) is 43.6 Å². The molecule has 0 aliphatic carbocycles. The highest BCUT2D eigenvalue weighted by atomic mass is 16.2. The molecule has 1 heterocycles. The molecular weight excluding hydrogens is 350 g/mol. The Morgan fingerprint density at radius 1 is 1.04 bits per heavy atom. The second kappa shape index (κ2) is 9.51. The molecule has 1 saturated heterocycles. The van der Waals surface area contributed by atoms with Crippen LogP contribution in [0.1, 0.15) is 29.5 Å². The Kier molecular flexibility index (Phi) is 6.82. The molecule has 0 saturated carbocycles. The molecule has 1 aliphatic heterocycles. The van der Waals surface area contributed by atoms with Crippen molar-refractivity contribution in [2.45, 2.75) is 38.4 Å². The Hall–Kier alpha value is -2.66. The van der Waals surface area contributed by atoms with E-state index in [9.17, 15) is 9.59 Å². The highest BCUT2D eigenvalue weighted by Crippen LogP contribution is 2.19. The number of hydrogen-bond acceptors (Lipinski definition) is 3. The summed E-state index contributed by atoms with van der Waals surface area (Å²) >= 11 is 0. The Morgan fingerprint density at radius 3 is 2.43 bits per heavy atom. The molecule has 1 unspecified atom stereocenters. The van der Waals surface area contributed by atoms with Crippen LogP contribution >= 0.6 is 0 Å². The Bertz CT molecular complexity index is 805. The molecular formula is C23H29N3O2. The van der Waals surface area contributed by atoms with Gasteiger partial charge in [-0.2, -0.15) is 0 Å². The van der Waals surface area contributed by atoms with Gasteiger partial charge in [0.15, 0.2) is 0 Å². The van der Waals surface area contributed by atoms with Crippen molar-refractivity contribution < 1.29 is 9.59 Å². The lowest BCUT2D eigenvalue weighted by Gasteiger charge is -2.24. The summed E-state index contributed by atoms with van der Waals surface area (Å²) in [6.45, 7) is 1.97. The molecule has 5 nitrogen and oxygen atoms in total. The summed E-state index contributed by atoms with van der Waals surface area (Å²) in [5, 5.41) is 3.05. The molecule has 2 aromatic carbocycles. The number of nitrogens with one attached hydrogen (secondary N) is 1. The highest BCUT2D eigenvalue weighted by Gasteiger charge is 2.33. The lowest BCUT2D eigenvalue weighted by atomic mass is 10.1. The van der Waals surface area contributed by atoms with Gasteiger partial charge in [-0.25, -0.2) is 0 Å². The molecule has 28 heavy (non-hydrogen) atoms. The number of benzene rings is 2. The van der Waals surface area contributed by atoms with Crippen molar-refractivity contribution in [3.8, 4) is 0 Å². The summed E-state index contributed by atoms with van der Waals surface area (Å²) in [6.07, 6.45) is 1.94. The van der Waals surface area contributed by atoms with Gasteiger partial charge in [0.1, 0.15) is 6.04 Å². The summed E-state index contributed by atoms with van der Waals surface area (Å²) in [7, 11) is 4.06. The van der Waals surface area contributed by atoms with E-state index in [1.807, 2.05) is 62.6 Å². The van der Waals surface area contributed by atoms with Crippen molar-refractivity contribution in [1.29, 1.82) is 0 Å². The number of carbonyl (C=O) groups is 2. The van der Waals surface area contributed by atoms with E-state index in [-0.39, 0.29) is 17.9 Å². The minimum absolute atomic E-state index is 0.0249. The van der Waals surface area contributed by atoms with Gasteiger partial charge < -0.3 is 15.1 Å². The zero-order chi connectivity index (χ0) is 19.9. The van der Waals surface area contributed by atoms with E-state index in [1.165, 1.54) is 5.56 Å². The van der Waals surface area contributed by atoms with Gasteiger partial charge in [0.2, 0.25) is 11.8 Å². The van der Waals surface area contributed by atoms with Gasteiger partial charge >= 0.3 is 0 Å². The third-order valence-corrected chi connectivity index (χ3v) is 5.13. The van der Waals surface area contributed by atoms with Crippen LogP contribution in [0.3, 0.4) is 0 Å². The van der Waals surface area contributed by atoms with Crippen LogP contribution in [0, 0.1) is 0 Å². The summed E-state index contributed by atoms with van der Waals surface area (Å²) in [5.74, 6) is -0.0320. The zero-order valence-electron chi connectivity index (χ0n) is 16.7. The molecule has 0 bridgehead atoms. The van der Waals surface area contributed by atoms with Gasteiger partial charge in [0.05, 0.1) is 6.42 Å². The molecule has 1 fully saturated rings. The first-order chi connectivity index (χ1) is 13.5. The normalized spacial score (nSPS) is 16.4. The van der Waals surface area contributed by atoms with E-state index in [1.54, 1.807) is 4.90 Å². The highest BCUT2D eigenvalue weighted by molar-refractivity contribution is 5.89. The fourth-order valence-electron chi connectivity index (χ4n) is 3.73. The van der Waals surface area contributed by atoms with Crippen LogP contribution in [0.5, 0.6) is 0 Å². The van der Waals surface area contributed by atoms with E-state index in [4.69, 9.17) is 0 Å². The van der Waals surface area contributed by atoms with Crippen LogP contribution in [0.2, 0.25) is 0 Å². The van der Waals surface area contributed by atoms with Crippen molar-refractivity contribution in [3.05, 3.63) is 71.3 Å². The monoisotopic (exact) mass is 379 g/mol. The predicted molar refractivity (Wildman–Crippen MR) is 111 cm³/mol. The van der Waals surface area contributed by atoms with E-state index in [0.717, 1.165) is 30.5 Å². The van der Waals surface area contributed by atoms with Gasteiger partial charge in [-0.3, -0.25) is 9.59 Å². The molecule has 0 aromatic heterocycles. The molecule has 0 spiro atoms. The van der Waals surface area contributed by atoms with Gasteiger partial charge in [0, 0.05) is 19.6 Å². The van der Waals surface area contributed by atoms with Crippen molar-refractivity contribution in [1.82, 2.24) is 15.1 Å². The van der Waals surface area contributed by atoms with Crippen LogP contribution in [0.15, 0.2) is 54.6 Å². The van der Waals surface area contributed by atoms with Gasteiger partial charge in [-0.1, -0.05) is 54.6 Å². The molecule has 5 heteroatoms. The summed E-state index contributed by atoms with van der Waals surface area (Å²) < 4.78 is 0. The maximum Gasteiger partial charge on any atom is 0.243 e. The van der Waals surface area contributed by atoms with Crippen molar-refractivity contribution in [2.75, 3.05) is 20.6 Å². The standard InChI is InChI=1S/C23H29N3O2/c1-25(2)17-20-12-7-6-11-19(20)16-24-23(28)21-13-8-14-26(21)22(27)15-18-9-4-3-5-10-18/h3-7,9-12,21H,8,13-17H2,1-2H3,(H,24,28). The Morgan fingerprint density at radius 2 is 1.71 bits per heavy atom. The molecule has 148 valence electrons. The summed E-state index contributed by atoms with van der Waals surface area (Å²) in [5.41, 5.74) is 3.30. The van der Waals surface area contributed by atoms with E-state index >= 15 is 0 Å².